The highest BCUT2D eigenvalue weighted by Gasteiger charge is 2.33. The second kappa shape index (κ2) is 15.3. The van der Waals surface area contributed by atoms with Gasteiger partial charge >= 0.3 is 0 Å². The molecule has 0 aliphatic carbocycles. The Kier molecular flexibility index (Phi) is 11.9. The van der Waals surface area contributed by atoms with Crippen LogP contribution < -0.4 is 16.8 Å². The Hall–Kier alpha value is -3.73. The quantitative estimate of drug-likeness (QED) is 0.150. The second-order valence-corrected chi connectivity index (χ2v) is 12.0. The Balaban J connectivity index is 1.53. The number of nitrogens with two attached hydrogens (primary N) is 2. The molecule has 6 N–H and O–H groups in total. The lowest BCUT2D eigenvalue weighted by Crippen LogP contribution is -2.46. The van der Waals surface area contributed by atoms with Crippen LogP contribution in [0.4, 0.5) is 5.69 Å². The molecule has 0 radical (unpaired) electrons. The number of aliphatic hydroxyl groups excluding tert-OH is 1. The number of nitrogen functional groups attached to an aromatic ring is 1. The first-order valence-corrected chi connectivity index (χ1v) is 15.2. The molecule has 9 nitrogen and oxygen atoms in total. The van der Waals surface area contributed by atoms with E-state index in [1.165, 1.54) is 24.3 Å². The number of primary amides is 1. The molecule has 0 bridgehead atoms. The number of hydrogen-bond acceptors (Lipinski definition) is 6. The lowest BCUT2D eigenvalue weighted by molar-refractivity contribution is -0.122. The number of nitrogens with one attached hydrogen (secondary N) is 1. The van der Waals surface area contributed by atoms with E-state index in [-0.39, 0.29) is 17.3 Å². The number of carbonyl (C=O) groups excluding carboxylic acids is 2. The van der Waals surface area contributed by atoms with Crippen molar-refractivity contribution in [3.8, 4) is 11.1 Å². The average molecular weight is 581 g/mol. The highest BCUT2D eigenvalue weighted by molar-refractivity contribution is 7.89. The molecule has 0 saturated carbocycles. The van der Waals surface area contributed by atoms with Gasteiger partial charge in [-0.1, -0.05) is 67.9 Å². The first-order valence-electron chi connectivity index (χ1n) is 13.8. The second-order valence-electron chi connectivity index (χ2n) is 10.2. The molecule has 10 heteroatoms. The van der Waals surface area contributed by atoms with Crippen LogP contribution >= 0.6 is 0 Å². The molecular formula is C31H40N4O5S. The van der Waals surface area contributed by atoms with Crippen LogP contribution in [0, 0.1) is 5.92 Å². The van der Waals surface area contributed by atoms with E-state index in [2.05, 4.69) is 23.5 Å². The number of carbonyl (C=O) groups is 2. The van der Waals surface area contributed by atoms with Crippen LogP contribution in [0.25, 0.3) is 11.1 Å². The molecule has 0 aromatic heterocycles. The Bertz CT molecular complexity index is 1380. The van der Waals surface area contributed by atoms with Crippen molar-refractivity contribution in [1.29, 1.82) is 0 Å². The zero-order valence-corrected chi connectivity index (χ0v) is 24.2. The number of rotatable bonds is 16. The van der Waals surface area contributed by atoms with E-state index in [0.717, 1.165) is 21.0 Å². The Morgan fingerprint density at radius 2 is 1.61 bits per heavy atom. The Labute approximate surface area is 242 Å². The zero-order chi connectivity index (χ0) is 29.8. The van der Waals surface area contributed by atoms with Gasteiger partial charge in [0.2, 0.25) is 21.8 Å². The van der Waals surface area contributed by atoms with Crippen molar-refractivity contribution >= 4 is 27.5 Å². The van der Waals surface area contributed by atoms with Gasteiger partial charge in [-0.25, -0.2) is 8.42 Å². The summed E-state index contributed by atoms with van der Waals surface area (Å²) < 4.78 is 28.0. The molecule has 2 amide bonds. The van der Waals surface area contributed by atoms with Gasteiger partial charge in [0.25, 0.3) is 0 Å². The van der Waals surface area contributed by atoms with E-state index in [9.17, 15) is 23.1 Å². The number of unbranched alkanes of at least 4 members (excludes halogenated alkanes) is 1. The van der Waals surface area contributed by atoms with Crippen LogP contribution in [0.15, 0.2) is 83.8 Å². The van der Waals surface area contributed by atoms with Crippen LogP contribution in [0.3, 0.4) is 0 Å². The summed E-state index contributed by atoms with van der Waals surface area (Å²) in [5, 5.41) is 13.1. The minimum absolute atomic E-state index is 0.0166. The van der Waals surface area contributed by atoms with Gasteiger partial charge in [-0.15, -0.1) is 0 Å². The summed E-state index contributed by atoms with van der Waals surface area (Å²) in [7, 11) is -4.03. The summed E-state index contributed by atoms with van der Waals surface area (Å²) in [5.41, 5.74) is 14.9. The van der Waals surface area contributed by atoms with Gasteiger partial charge in [0, 0.05) is 37.2 Å². The smallest absolute Gasteiger partial charge is 0.243 e. The molecule has 3 rings (SSSR count). The number of anilines is 1. The third-order valence-electron chi connectivity index (χ3n) is 7.05. The van der Waals surface area contributed by atoms with Crippen molar-refractivity contribution in [2.75, 3.05) is 25.4 Å². The predicted octanol–water partition coefficient (Wildman–Crippen LogP) is 3.33. The molecule has 0 saturated heterocycles. The van der Waals surface area contributed by atoms with Gasteiger partial charge in [-0.2, -0.15) is 4.31 Å². The van der Waals surface area contributed by atoms with E-state index < -0.39 is 34.5 Å². The lowest BCUT2D eigenvalue weighted by Gasteiger charge is -2.31. The fourth-order valence-electron chi connectivity index (χ4n) is 4.61. The molecule has 2 atom stereocenters. The molecule has 3 aromatic carbocycles. The summed E-state index contributed by atoms with van der Waals surface area (Å²) in [6.07, 6.45) is 2.46. The predicted molar refractivity (Wildman–Crippen MR) is 161 cm³/mol. The number of aryl methyl sites for hydroxylation is 1. The molecule has 3 aromatic rings. The van der Waals surface area contributed by atoms with Gasteiger partial charge in [-0.05, 0) is 60.2 Å². The topological polar surface area (TPSA) is 156 Å². The minimum atomic E-state index is -4.03. The monoisotopic (exact) mass is 580 g/mol. The van der Waals surface area contributed by atoms with E-state index >= 15 is 0 Å². The first kappa shape index (κ1) is 31.8. The van der Waals surface area contributed by atoms with Crippen LogP contribution in [0.1, 0.15) is 38.2 Å². The number of nitrogens with zero attached hydrogens (tertiary/aromatic N) is 1. The van der Waals surface area contributed by atoms with Crippen LogP contribution in [0.5, 0.6) is 0 Å². The molecule has 0 fully saturated rings. The van der Waals surface area contributed by atoms with Crippen molar-refractivity contribution in [2.24, 2.45) is 11.7 Å². The maximum atomic E-state index is 13.4. The molecule has 0 aliphatic heterocycles. The number of amides is 2. The third-order valence-corrected chi connectivity index (χ3v) is 8.99. The summed E-state index contributed by atoms with van der Waals surface area (Å²) in [4.78, 5) is 24.3. The van der Waals surface area contributed by atoms with Crippen molar-refractivity contribution in [2.45, 2.75) is 50.0 Å². The molecule has 41 heavy (non-hydrogen) atoms. The molecular weight excluding hydrogens is 540 g/mol. The fraction of sp³-hybridized carbons (Fsp3) is 0.355. The first-order chi connectivity index (χ1) is 19.6. The Morgan fingerprint density at radius 3 is 2.27 bits per heavy atom. The van der Waals surface area contributed by atoms with Gasteiger partial charge in [0.15, 0.2) is 0 Å². The summed E-state index contributed by atoms with van der Waals surface area (Å²) in [6.45, 7) is 1.40. The minimum Gasteiger partial charge on any atom is -0.399 e. The number of aliphatic hydroxyl groups is 1. The van der Waals surface area contributed by atoms with Gasteiger partial charge in [0.05, 0.1) is 11.5 Å². The number of hydrogen-bond donors (Lipinski definition) is 4. The van der Waals surface area contributed by atoms with Crippen molar-refractivity contribution < 1.29 is 23.1 Å². The maximum Gasteiger partial charge on any atom is 0.243 e. The van der Waals surface area contributed by atoms with Crippen LogP contribution in [-0.2, 0) is 26.0 Å². The van der Waals surface area contributed by atoms with E-state index in [4.69, 9.17) is 11.5 Å². The average Bonchev–Trinajstić information content (AvgIpc) is 2.97. The number of sulfonamides is 1. The molecule has 220 valence electrons. The van der Waals surface area contributed by atoms with Gasteiger partial charge < -0.3 is 21.9 Å². The molecule has 0 aliphatic rings. The molecule has 0 spiro atoms. The van der Waals surface area contributed by atoms with Gasteiger partial charge in [-0.3, -0.25) is 9.59 Å². The van der Waals surface area contributed by atoms with E-state index in [1.807, 2.05) is 36.4 Å². The summed E-state index contributed by atoms with van der Waals surface area (Å²) >= 11 is 0. The van der Waals surface area contributed by atoms with Crippen molar-refractivity contribution in [3.63, 3.8) is 0 Å². The summed E-state index contributed by atoms with van der Waals surface area (Å²) in [5.74, 6) is -1.44. The third kappa shape index (κ3) is 9.14. The highest BCUT2D eigenvalue weighted by Crippen LogP contribution is 2.25. The SMILES string of the molecule is CC(CN(C(CO)CCCCNC(=O)CCc1ccccc1-c1ccccc1)S(=O)(=O)c1ccc(N)cc1)C(N)=O. The zero-order valence-electron chi connectivity index (χ0n) is 23.4. The van der Waals surface area contributed by atoms with Crippen molar-refractivity contribution in [3.05, 3.63) is 84.4 Å². The van der Waals surface area contributed by atoms with E-state index in [1.54, 1.807) is 6.92 Å². The summed E-state index contributed by atoms with van der Waals surface area (Å²) in [6, 6.07) is 23.1. The molecule has 0 heterocycles. The standard InChI is InChI=1S/C31H40N4O5S/c1-23(31(33)38)21-35(41(39,40)28-17-15-26(32)16-18-28)27(22-36)12-7-8-20-34-30(37)19-14-25-11-5-6-13-29(25)24-9-3-2-4-10-24/h2-6,9-11,13,15-18,23,27,36H,7-8,12,14,19-22,32H2,1H3,(H2,33,38)(H,34,37). The maximum absolute atomic E-state index is 13.4. The largest absolute Gasteiger partial charge is 0.399 e. The highest BCUT2D eigenvalue weighted by atomic mass is 32.2. The van der Waals surface area contributed by atoms with Crippen LogP contribution in [0.2, 0.25) is 0 Å². The molecule has 2 unspecified atom stereocenters. The van der Waals surface area contributed by atoms with Gasteiger partial charge in [0.1, 0.15) is 0 Å². The van der Waals surface area contributed by atoms with Crippen LogP contribution in [-0.4, -0.2) is 55.4 Å². The Morgan fingerprint density at radius 1 is 0.951 bits per heavy atom. The van der Waals surface area contributed by atoms with E-state index in [0.29, 0.717) is 44.3 Å². The number of benzene rings is 3. The normalized spacial score (nSPS) is 13.0. The fourth-order valence-corrected chi connectivity index (χ4v) is 6.35. The lowest BCUT2D eigenvalue weighted by atomic mass is 9.97. The van der Waals surface area contributed by atoms with Crippen molar-refractivity contribution in [1.82, 2.24) is 9.62 Å².